The van der Waals surface area contributed by atoms with Gasteiger partial charge in [0.25, 0.3) is 5.69 Å². The molecule has 0 bridgehead atoms. The Kier molecular flexibility index (Phi) is 6.08. The molecule has 1 fully saturated rings. The second kappa shape index (κ2) is 8.05. The molecule has 0 aliphatic carbocycles. The standard InChI is InChI=1S/C16H25N5O3/c1-12-10-15(18-11-14(12)21(23)24)20-7-4-13(5-8-20)16(22)17-6-9-19(2)3/h10-11,13H,4-9H2,1-3H3,(H,17,22). The van der Waals surface area contributed by atoms with E-state index in [1.54, 1.807) is 13.0 Å². The number of nitro groups is 1. The zero-order valence-corrected chi connectivity index (χ0v) is 14.5. The van der Waals surface area contributed by atoms with E-state index in [-0.39, 0.29) is 17.5 Å². The Morgan fingerprint density at radius 1 is 1.46 bits per heavy atom. The number of carbonyl (C=O) groups is 1. The monoisotopic (exact) mass is 335 g/mol. The maximum absolute atomic E-state index is 12.2. The number of aromatic nitrogens is 1. The third-order valence-corrected chi connectivity index (χ3v) is 4.31. The molecule has 2 rings (SSSR count). The first kappa shape index (κ1) is 18.1. The third-order valence-electron chi connectivity index (χ3n) is 4.31. The first-order chi connectivity index (χ1) is 11.4. The molecule has 0 radical (unpaired) electrons. The van der Waals surface area contributed by atoms with E-state index in [9.17, 15) is 14.9 Å². The minimum absolute atomic E-state index is 0.0301. The van der Waals surface area contributed by atoms with Gasteiger partial charge in [-0.1, -0.05) is 0 Å². The maximum atomic E-state index is 12.2. The Bertz CT molecular complexity index is 597. The van der Waals surface area contributed by atoms with Gasteiger partial charge in [0.2, 0.25) is 5.91 Å². The van der Waals surface area contributed by atoms with E-state index in [4.69, 9.17) is 0 Å². The molecule has 0 atom stereocenters. The number of amides is 1. The third kappa shape index (κ3) is 4.64. The van der Waals surface area contributed by atoms with Gasteiger partial charge in [-0.2, -0.15) is 0 Å². The second-order valence-corrected chi connectivity index (χ2v) is 6.44. The molecule has 24 heavy (non-hydrogen) atoms. The lowest BCUT2D eigenvalue weighted by Crippen LogP contribution is -2.42. The zero-order valence-electron chi connectivity index (χ0n) is 14.5. The average molecular weight is 335 g/mol. The van der Waals surface area contributed by atoms with Crippen molar-refractivity contribution in [3.8, 4) is 0 Å². The molecule has 8 heteroatoms. The van der Waals surface area contributed by atoms with Crippen molar-refractivity contribution in [3.05, 3.63) is 27.9 Å². The lowest BCUT2D eigenvalue weighted by molar-refractivity contribution is -0.385. The second-order valence-electron chi connectivity index (χ2n) is 6.44. The normalized spacial score (nSPS) is 15.6. The summed E-state index contributed by atoms with van der Waals surface area (Å²) in [5.41, 5.74) is 0.641. The Morgan fingerprint density at radius 3 is 2.67 bits per heavy atom. The number of anilines is 1. The fraction of sp³-hybridized carbons (Fsp3) is 0.625. The SMILES string of the molecule is Cc1cc(N2CCC(C(=O)NCCN(C)C)CC2)ncc1[N+](=O)[O-]. The lowest BCUT2D eigenvalue weighted by Gasteiger charge is -2.32. The molecule has 0 saturated carbocycles. The van der Waals surface area contributed by atoms with Crippen molar-refractivity contribution in [1.29, 1.82) is 0 Å². The molecule has 132 valence electrons. The van der Waals surface area contributed by atoms with Crippen LogP contribution in [0.5, 0.6) is 0 Å². The van der Waals surface area contributed by atoms with Gasteiger partial charge in [-0.15, -0.1) is 0 Å². The van der Waals surface area contributed by atoms with Crippen LogP contribution < -0.4 is 10.2 Å². The Labute approximate surface area is 142 Å². The van der Waals surface area contributed by atoms with Crippen LogP contribution in [0.25, 0.3) is 0 Å². The van der Waals surface area contributed by atoms with Crippen LogP contribution in [0.3, 0.4) is 0 Å². The van der Waals surface area contributed by atoms with Gasteiger partial charge in [0, 0.05) is 37.7 Å². The quantitative estimate of drug-likeness (QED) is 0.620. The number of carbonyl (C=O) groups excluding carboxylic acids is 1. The molecule has 0 aromatic carbocycles. The van der Waals surface area contributed by atoms with Crippen LogP contribution in [-0.2, 0) is 4.79 Å². The number of piperidine rings is 1. The molecule has 1 amide bonds. The average Bonchev–Trinajstić information content (AvgIpc) is 2.54. The van der Waals surface area contributed by atoms with Gasteiger partial charge in [-0.05, 0) is 39.9 Å². The summed E-state index contributed by atoms with van der Waals surface area (Å²) in [5, 5.41) is 13.8. The summed E-state index contributed by atoms with van der Waals surface area (Å²) in [7, 11) is 3.95. The van der Waals surface area contributed by atoms with Gasteiger partial charge >= 0.3 is 0 Å². The van der Waals surface area contributed by atoms with E-state index in [0.717, 1.165) is 38.3 Å². The summed E-state index contributed by atoms with van der Waals surface area (Å²) in [6.45, 7) is 4.67. The number of rotatable bonds is 6. The summed E-state index contributed by atoms with van der Waals surface area (Å²) in [4.78, 5) is 30.9. The highest BCUT2D eigenvalue weighted by atomic mass is 16.6. The van der Waals surface area contributed by atoms with Gasteiger partial charge in [0.1, 0.15) is 12.0 Å². The van der Waals surface area contributed by atoms with Gasteiger partial charge in [0.05, 0.1) is 4.92 Å². The van der Waals surface area contributed by atoms with E-state index >= 15 is 0 Å². The minimum atomic E-state index is -0.420. The van der Waals surface area contributed by atoms with Crippen molar-refractivity contribution >= 4 is 17.4 Å². The van der Waals surface area contributed by atoms with Crippen molar-refractivity contribution in [2.45, 2.75) is 19.8 Å². The molecule has 0 spiro atoms. The number of pyridine rings is 1. The predicted molar refractivity (Wildman–Crippen MR) is 92.1 cm³/mol. The Hall–Kier alpha value is -2.22. The van der Waals surface area contributed by atoms with Crippen molar-refractivity contribution in [3.63, 3.8) is 0 Å². The number of nitrogens with zero attached hydrogens (tertiary/aromatic N) is 4. The molecule has 1 aromatic heterocycles. The summed E-state index contributed by atoms with van der Waals surface area (Å²) in [6, 6.07) is 1.75. The highest BCUT2D eigenvalue weighted by molar-refractivity contribution is 5.79. The van der Waals surface area contributed by atoms with Crippen LogP contribution in [0.2, 0.25) is 0 Å². The molecular formula is C16H25N5O3. The number of likely N-dealkylation sites (N-methyl/N-ethyl adjacent to an activating group) is 1. The minimum Gasteiger partial charge on any atom is -0.357 e. The fourth-order valence-electron chi connectivity index (χ4n) is 2.82. The number of hydrogen-bond acceptors (Lipinski definition) is 6. The lowest BCUT2D eigenvalue weighted by atomic mass is 9.96. The molecule has 1 saturated heterocycles. The largest absolute Gasteiger partial charge is 0.357 e. The number of hydrogen-bond donors (Lipinski definition) is 1. The van der Waals surface area contributed by atoms with Gasteiger partial charge < -0.3 is 15.1 Å². The fourth-order valence-corrected chi connectivity index (χ4v) is 2.82. The summed E-state index contributed by atoms with van der Waals surface area (Å²) < 4.78 is 0. The van der Waals surface area contributed by atoms with Crippen molar-refractivity contribution in [2.75, 3.05) is 45.2 Å². The maximum Gasteiger partial charge on any atom is 0.290 e. The predicted octanol–water partition coefficient (Wildman–Crippen LogP) is 1.19. The summed E-state index contributed by atoms with van der Waals surface area (Å²) in [6.07, 6.45) is 2.85. The van der Waals surface area contributed by atoms with Gasteiger partial charge in [-0.25, -0.2) is 4.98 Å². The number of nitrogens with one attached hydrogen (secondary N) is 1. The summed E-state index contributed by atoms with van der Waals surface area (Å²) >= 11 is 0. The molecule has 1 aliphatic rings. The van der Waals surface area contributed by atoms with Crippen molar-refractivity contribution in [2.24, 2.45) is 5.92 Å². The molecule has 1 N–H and O–H groups in total. The topological polar surface area (TPSA) is 91.6 Å². The van der Waals surface area contributed by atoms with Crippen LogP contribution in [0.1, 0.15) is 18.4 Å². The zero-order chi connectivity index (χ0) is 17.7. The highest BCUT2D eigenvalue weighted by Crippen LogP contribution is 2.25. The van der Waals surface area contributed by atoms with Crippen LogP contribution in [0, 0.1) is 23.0 Å². The Balaban J connectivity index is 1.87. The van der Waals surface area contributed by atoms with E-state index in [1.165, 1.54) is 6.20 Å². The molecule has 0 unspecified atom stereocenters. The van der Waals surface area contributed by atoms with E-state index in [0.29, 0.717) is 12.1 Å². The smallest absolute Gasteiger partial charge is 0.290 e. The van der Waals surface area contributed by atoms with Crippen molar-refractivity contribution < 1.29 is 9.72 Å². The Morgan fingerprint density at radius 2 is 2.12 bits per heavy atom. The number of aryl methyl sites for hydroxylation is 1. The van der Waals surface area contributed by atoms with Crippen LogP contribution in [0.15, 0.2) is 12.3 Å². The van der Waals surface area contributed by atoms with Crippen LogP contribution in [-0.4, -0.2) is 61.0 Å². The molecule has 1 aromatic rings. The van der Waals surface area contributed by atoms with E-state index in [2.05, 4.69) is 15.2 Å². The van der Waals surface area contributed by atoms with Crippen LogP contribution in [0.4, 0.5) is 11.5 Å². The molecular weight excluding hydrogens is 310 g/mol. The first-order valence-electron chi connectivity index (χ1n) is 8.17. The van der Waals surface area contributed by atoms with Crippen LogP contribution >= 0.6 is 0 Å². The van der Waals surface area contributed by atoms with Gasteiger partial charge in [-0.3, -0.25) is 14.9 Å². The highest BCUT2D eigenvalue weighted by Gasteiger charge is 2.26. The summed E-state index contributed by atoms with van der Waals surface area (Å²) in [5.74, 6) is 0.886. The van der Waals surface area contributed by atoms with Gasteiger partial charge in [0.15, 0.2) is 0 Å². The van der Waals surface area contributed by atoms with Crippen molar-refractivity contribution in [1.82, 2.24) is 15.2 Å². The molecule has 1 aliphatic heterocycles. The molecule has 2 heterocycles. The van der Waals surface area contributed by atoms with E-state index in [1.807, 2.05) is 19.0 Å². The molecule has 8 nitrogen and oxygen atoms in total. The van der Waals surface area contributed by atoms with E-state index < -0.39 is 4.92 Å². The first-order valence-corrected chi connectivity index (χ1v) is 8.17.